The molecule has 1 unspecified atom stereocenters. The second kappa shape index (κ2) is 15.6. The second-order valence-electron chi connectivity index (χ2n) is 6.04. The quantitative estimate of drug-likeness (QED) is 0.221. The summed E-state index contributed by atoms with van der Waals surface area (Å²) in [6.07, 6.45) is 18.9. The molecule has 0 N–H and O–H groups in total. The zero-order valence-corrected chi connectivity index (χ0v) is 14.5. The summed E-state index contributed by atoms with van der Waals surface area (Å²) in [6, 6.07) is 0. The monoisotopic (exact) mass is 296 g/mol. The van der Waals surface area contributed by atoms with Crippen molar-refractivity contribution < 1.29 is 9.53 Å². The number of carbonyl (C=O) groups is 1. The minimum absolute atomic E-state index is 0.196. The van der Waals surface area contributed by atoms with Gasteiger partial charge in [0.05, 0.1) is 0 Å². The molecule has 0 aliphatic carbocycles. The molecule has 0 bridgehead atoms. The van der Waals surface area contributed by atoms with Crippen LogP contribution in [-0.4, -0.2) is 12.6 Å². The van der Waals surface area contributed by atoms with Crippen LogP contribution in [0.25, 0.3) is 0 Å². The van der Waals surface area contributed by atoms with Gasteiger partial charge in [0, 0.05) is 6.92 Å². The Hall–Kier alpha value is -0.790. The van der Waals surface area contributed by atoms with Crippen molar-refractivity contribution in [3.05, 3.63) is 12.2 Å². The SMILES string of the molecule is CCCCCCCC(/C=C/COC(C)=O)CCCCCC. The van der Waals surface area contributed by atoms with Crippen molar-refractivity contribution in [2.24, 2.45) is 5.92 Å². The van der Waals surface area contributed by atoms with Crippen LogP contribution in [0.1, 0.15) is 91.4 Å². The first-order chi connectivity index (χ1) is 10.2. The molecule has 2 nitrogen and oxygen atoms in total. The largest absolute Gasteiger partial charge is 0.462 e. The average Bonchev–Trinajstić information content (AvgIpc) is 2.46. The lowest BCUT2D eigenvalue weighted by molar-refractivity contribution is -0.139. The Morgan fingerprint density at radius 2 is 1.43 bits per heavy atom. The summed E-state index contributed by atoms with van der Waals surface area (Å²) >= 11 is 0. The van der Waals surface area contributed by atoms with Crippen LogP contribution < -0.4 is 0 Å². The number of esters is 1. The summed E-state index contributed by atoms with van der Waals surface area (Å²) in [5.41, 5.74) is 0. The molecular formula is C19H36O2. The van der Waals surface area contributed by atoms with Crippen LogP contribution >= 0.6 is 0 Å². The third-order valence-corrected chi connectivity index (χ3v) is 3.90. The van der Waals surface area contributed by atoms with Crippen LogP contribution in [0.5, 0.6) is 0 Å². The van der Waals surface area contributed by atoms with Crippen LogP contribution in [0.4, 0.5) is 0 Å². The van der Waals surface area contributed by atoms with Gasteiger partial charge in [-0.2, -0.15) is 0 Å². The first-order valence-electron chi connectivity index (χ1n) is 9.00. The van der Waals surface area contributed by atoms with Gasteiger partial charge in [-0.25, -0.2) is 0 Å². The van der Waals surface area contributed by atoms with E-state index in [0.29, 0.717) is 12.5 Å². The first-order valence-corrected chi connectivity index (χ1v) is 9.00. The van der Waals surface area contributed by atoms with E-state index in [4.69, 9.17) is 4.74 Å². The fraction of sp³-hybridized carbons (Fsp3) is 0.842. The summed E-state index contributed by atoms with van der Waals surface area (Å²) in [7, 11) is 0. The van der Waals surface area contributed by atoms with E-state index in [0.717, 1.165) is 0 Å². The number of carbonyl (C=O) groups excluding carboxylic acids is 1. The Balaban J connectivity index is 3.92. The van der Waals surface area contributed by atoms with E-state index < -0.39 is 0 Å². The fourth-order valence-electron chi connectivity index (χ4n) is 2.59. The first kappa shape index (κ1) is 20.2. The van der Waals surface area contributed by atoms with Crippen LogP contribution in [0.3, 0.4) is 0 Å². The van der Waals surface area contributed by atoms with Crippen LogP contribution in [-0.2, 0) is 9.53 Å². The molecule has 0 saturated heterocycles. The maximum absolute atomic E-state index is 10.7. The minimum atomic E-state index is -0.196. The van der Waals surface area contributed by atoms with Crippen molar-refractivity contribution in [1.82, 2.24) is 0 Å². The van der Waals surface area contributed by atoms with Crippen LogP contribution in [0.15, 0.2) is 12.2 Å². The highest BCUT2D eigenvalue weighted by Gasteiger charge is 2.05. The van der Waals surface area contributed by atoms with Gasteiger partial charge in [0.1, 0.15) is 6.61 Å². The Bertz CT molecular complexity index is 258. The highest BCUT2D eigenvalue weighted by Crippen LogP contribution is 2.19. The number of rotatable bonds is 14. The zero-order valence-electron chi connectivity index (χ0n) is 14.5. The number of unbranched alkanes of at least 4 members (excludes halogenated alkanes) is 7. The molecule has 0 aromatic heterocycles. The molecule has 0 aromatic rings. The fourth-order valence-corrected chi connectivity index (χ4v) is 2.59. The van der Waals surface area contributed by atoms with E-state index in [1.807, 2.05) is 6.08 Å². The van der Waals surface area contributed by atoms with Crippen molar-refractivity contribution in [3.63, 3.8) is 0 Å². The third kappa shape index (κ3) is 15.4. The number of ether oxygens (including phenoxy) is 1. The molecule has 2 heteroatoms. The molecule has 0 radical (unpaired) electrons. The second-order valence-corrected chi connectivity index (χ2v) is 6.04. The number of allylic oxidation sites excluding steroid dienone is 1. The summed E-state index contributed by atoms with van der Waals surface area (Å²) < 4.78 is 4.97. The van der Waals surface area contributed by atoms with E-state index in [1.54, 1.807) is 0 Å². The molecule has 1 atom stereocenters. The minimum Gasteiger partial charge on any atom is -0.462 e. The lowest BCUT2D eigenvalue weighted by Crippen LogP contribution is -2.01. The van der Waals surface area contributed by atoms with Gasteiger partial charge in [-0.1, -0.05) is 83.8 Å². The summed E-state index contributed by atoms with van der Waals surface area (Å²) in [5, 5.41) is 0. The molecule has 21 heavy (non-hydrogen) atoms. The van der Waals surface area contributed by atoms with Gasteiger partial charge in [-0.15, -0.1) is 0 Å². The molecule has 0 aliphatic heterocycles. The van der Waals surface area contributed by atoms with E-state index >= 15 is 0 Å². The molecule has 0 rings (SSSR count). The van der Waals surface area contributed by atoms with Crippen LogP contribution in [0.2, 0.25) is 0 Å². The van der Waals surface area contributed by atoms with Gasteiger partial charge in [-0.3, -0.25) is 4.79 Å². The summed E-state index contributed by atoms with van der Waals surface area (Å²) in [5.74, 6) is 0.470. The predicted molar refractivity (Wildman–Crippen MR) is 91.4 cm³/mol. The molecular weight excluding hydrogens is 260 g/mol. The molecule has 0 aromatic carbocycles. The van der Waals surface area contributed by atoms with E-state index in [1.165, 1.54) is 77.6 Å². The molecule has 0 aliphatic rings. The standard InChI is InChI=1S/C19H36O2/c1-4-6-8-10-12-15-19(14-11-9-7-5-2)16-13-17-21-18(3)20/h13,16,19H,4-12,14-15,17H2,1-3H3/b16-13+. The maximum atomic E-state index is 10.7. The van der Waals surface area contributed by atoms with Crippen molar-refractivity contribution in [2.45, 2.75) is 91.4 Å². The van der Waals surface area contributed by atoms with Gasteiger partial charge in [0.15, 0.2) is 0 Å². The van der Waals surface area contributed by atoms with Gasteiger partial charge >= 0.3 is 5.97 Å². The molecule has 0 heterocycles. The molecule has 0 fully saturated rings. The third-order valence-electron chi connectivity index (χ3n) is 3.90. The van der Waals surface area contributed by atoms with Gasteiger partial charge in [0.2, 0.25) is 0 Å². The van der Waals surface area contributed by atoms with Crippen LogP contribution in [0, 0.1) is 5.92 Å². The van der Waals surface area contributed by atoms with Gasteiger partial charge < -0.3 is 4.74 Å². The molecule has 124 valence electrons. The van der Waals surface area contributed by atoms with Crippen molar-refractivity contribution in [1.29, 1.82) is 0 Å². The number of hydrogen-bond donors (Lipinski definition) is 0. The Labute approximate surface area is 132 Å². The van der Waals surface area contributed by atoms with Crippen molar-refractivity contribution in [2.75, 3.05) is 6.61 Å². The predicted octanol–water partition coefficient (Wildman–Crippen LogP) is 6.05. The highest BCUT2D eigenvalue weighted by atomic mass is 16.5. The maximum Gasteiger partial charge on any atom is 0.302 e. The van der Waals surface area contributed by atoms with Crippen molar-refractivity contribution >= 4 is 5.97 Å². The topological polar surface area (TPSA) is 26.3 Å². The summed E-state index contributed by atoms with van der Waals surface area (Å²) in [4.78, 5) is 10.7. The van der Waals surface area contributed by atoms with Crippen molar-refractivity contribution in [3.8, 4) is 0 Å². The highest BCUT2D eigenvalue weighted by molar-refractivity contribution is 5.65. The van der Waals surface area contributed by atoms with E-state index in [2.05, 4.69) is 19.9 Å². The Kier molecular flexibility index (Phi) is 15.0. The van der Waals surface area contributed by atoms with E-state index in [-0.39, 0.29) is 5.97 Å². The van der Waals surface area contributed by atoms with E-state index in [9.17, 15) is 4.79 Å². The Morgan fingerprint density at radius 3 is 1.95 bits per heavy atom. The summed E-state index contributed by atoms with van der Waals surface area (Å²) in [6.45, 7) is 6.40. The zero-order chi connectivity index (χ0) is 15.8. The van der Waals surface area contributed by atoms with Gasteiger partial charge in [-0.05, 0) is 18.8 Å². The lowest BCUT2D eigenvalue weighted by Gasteiger charge is -2.12. The molecule has 0 saturated carbocycles. The smallest absolute Gasteiger partial charge is 0.302 e. The molecule has 0 spiro atoms. The van der Waals surface area contributed by atoms with Gasteiger partial charge in [0.25, 0.3) is 0 Å². The molecule has 0 amide bonds. The lowest BCUT2D eigenvalue weighted by atomic mass is 9.94. The normalized spacial score (nSPS) is 12.7. The average molecular weight is 296 g/mol. The Morgan fingerprint density at radius 1 is 0.905 bits per heavy atom. The number of hydrogen-bond acceptors (Lipinski definition) is 2.